The first-order valence-electron chi connectivity index (χ1n) is 33.7. The van der Waals surface area contributed by atoms with Crippen molar-refractivity contribution in [2.75, 3.05) is 13.2 Å². The summed E-state index contributed by atoms with van der Waals surface area (Å²) < 4.78 is 16.9. The van der Waals surface area contributed by atoms with Gasteiger partial charge in [0.05, 0.1) is 0 Å². The van der Waals surface area contributed by atoms with E-state index in [0.29, 0.717) is 19.3 Å². The van der Waals surface area contributed by atoms with Crippen LogP contribution in [0.4, 0.5) is 0 Å². The SMILES string of the molecule is CC/C=C\C/C=C\C/C=C\C/C=C\C/C=C\C/C=C\C/C=C\CCCCCCCC(=O)OCC(COC(=O)CCCCCCCCCCCCC)OC(=O)CCCCCCCCCCCCCC/C=C\C/C=C\C/C=C\C/C=C\CC. The quantitative estimate of drug-likeness (QED) is 0.0261. The van der Waals surface area contributed by atoms with Crippen molar-refractivity contribution in [3.63, 3.8) is 0 Å². The molecule has 0 bridgehead atoms. The highest BCUT2D eigenvalue weighted by molar-refractivity contribution is 5.71. The van der Waals surface area contributed by atoms with Gasteiger partial charge in [0.15, 0.2) is 6.10 Å². The van der Waals surface area contributed by atoms with Gasteiger partial charge in [-0.2, -0.15) is 0 Å². The summed E-state index contributed by atoms with van der Waals surface area (Å²) in [4.78, 5) is 38.3. The van der Waals surface area contributed by atoms with Crippen LogP contribution in [0.2, 0.25) is 0 Å². The van der Waals surface area contributed by atoms with Crippen molar-refractivity contribution in [3.8, 4) is 0 Å². The average molecular weight is 1120 g/mol. The molecule has 0 aliphatic heterocycles. The van der Waals surface area contributed by atoms with E-state index in [1.54, 1.807) is 0 Å². The lowest BCUT2D eigenvalue weighted by atomic mass is 10.0. The van der Waals surface area contributed by atoms with Crippen molar-refractivity contribution in [2.24, 2.45) is 0 Å². The van der Waals surface area contributed by atoms with E-state index in [2.05, 4.69) is 154 Å². The number of ether oxygens (including phenoxy) is 3. The van der Waals surface area contributed by atoms with Crippen LogP contribution in [0.5, 0.6) is 0 Å². The minimum absolute atomic E-state index is 0.0856. The predicted molar refractivity (Wildman–Crippen MR) is 353 cm³/mol. The van der Waals surface area contributed by atoms with Crippen molar-refractivity contribution in [3.05, 3.63) is 134 Å². The Morgan fingerprint density at radius 1 is 0.259 bits per heavy atom. The number of carbonyl (C=O) groups is 3. The second-order valence-electron chi connectivity index (χ2n) is 22.0. The Morgan fingerprint density at radius 2 is 0.481 bits per heavy atom. The van der Waals surface area contributed by atoms with Crippen molar-refractivity contribution in [2.45, 2.75) is 309 Å². The van der Waals surface area contributed by atoms with Crippen LogP contribution in [0.15, 0.2) is 134 Å². The largest absolute Gasteiger partial charge is 0.462 e. The Balaban J connectivity index is 4.33. The third-order valence-corrected chi connectivity index (χ3v) is 14.2. The second-order valence-corrected chi connectivity index (χ2v) is 22.0. The highest BCUT2D eigenvalue weighted by Crippen LogP contribution is 2.16. The second kappa shape index (κ2) is 68.1. The number of allylic oxidation sites excluding steroid dienone is 22. The fourth-order valence-electron chi connectivity index (χ4n) is 9.18. The summed E-state index contributed by atoms with van der Waals surface area (Å²) in [6.07, 6.45) is 96.1. The van der Waals surface area contributed by atoms with Gasteiger partial charge in [0.2, 0.25) is 0 Å². The van der Waals surface area contributed by atoms with Gasteiger partial charge in [-0.15, -0.1) is 0 Å². The maximum absolute atomic E-state index is 12.9. The standard InChI is InChI=1S/C75H124O6/c1-4-7-10-13-16-19-22-24-26-28-30-32-34-36-37-39-40-42-44-46-48-50-53-56-59-62-65-68-74(77)80-71-72(70-79-73(76)67-64-61-58-55-52-21-18-15-12-9-6-3)81-75(78)69-66-63-60-57-54-51-49-47-45-43-41-38-35-33-31-29-27-25-23-20-17-14-11-8-5-2/h7-8,10-11,16-17,19-20,24-27,30-33,36-37,40,42,46,48,72H,4-6,9,12-15,18,21-23,28-29,34-35,38-39,41,43-45,47,49-71H2,1-3H3/b10-7-,11-8-,19-16-,20-17-,26-24-,27-25-,32-30-,33-31-,37-36-,42-40-,48-46-. The molecule has 0 rings (SSSR count). The Hall–Kier alpha value is -4.45. The molecule has 0 N–H and O–H groups in total. The molecule has 0 radical (unpaired) electrons. The minimum atomic E-state index is -0.791. The van der Waals surface area contributed by atoms with Gasteiger partial charge in [-0.3, -0.25) is 14.4 Å². The number of hydrogen-bond acceptors (Lipinski definition) is 6. The Bertz CT molecular complexity index is 1720. The van der Waals surface area contributed by atoms with E-state index in [4.69, 9.17) is 14.2 Å². The van der Waals surface area contributed by atoms with E-state index in [1.165, 1.54) is 116 Å². The molecule has 6 nitrogen and oxygen atoms in total. The summed E-state index contributed by atoms with van der Waals surface area (Å²) in [7, 11) is 0. The molecule has 460 valence electrons. The van der Waals surface area contributed by atoms with Crippen LogP contribution < -0.4 is 0 Å². The highest BCUT2D eigenvalue weighted by Gasteiger charge is 2.19. The Morgan fingerprint density at radius 3 is 0.753 bits per heavy atom. The van der Waals surface area contributed by atoms with Crippen LogP contribution >= 0.6 is 0 Å². The first-order valence-corrected chi connectivity index (χ1v) is 33.7. The molecule has 0 heterocycles. The molecule has 1 atom stereocenters. The minimum Gasteiger partial charge on any atom is -0.462 e. The zero-order chi connectivity index (χ0) is 58.5. The van der Waals surface area contributed by atoms with Gasteiger partial charge in [-0.25, -0.2) is 0 Å². The number of carbonyl (C=O) groups excluding carboxylic acids is 3. The molecule has 0 aromatic rings. The lowest BCUT2D eigenvalue weighted by molar-refractivity contribution is -0.167. The van der Waals surface area contributed by atoms with Crippen LogP contribution in [-0.2, 0) is 28.6 Å². The molecular weight excluding hydrogens is 997 g/mol. The third kappa shape index (κ3) is 66.2. The van der Waals surface area contributed by atoms with Crippen molar-refractivity contribution >= 4 is 17.9 Å². The first kappa shape index (κ1) is 76.5. The molecule has 0 aromatic heterocycles. The van der Waals surface area contributed by atoms with E-state index < -0.39 is 6.10 Å². The van der Waals surface area contributed by atoms with Crippen molar-refractivity contribution in [1.29, 1.82) is 0 Å². The number of hydrogen-bond donors (Lipinski definition) is 0. The average Bonchev–Trinajstić information content (AvgIpc) is 3.47. The molecular formula is C75H124O6. The van der Waals surface area contributed by atoms with E-state index in [-0.39, 0.29) is 31.1 Å². The number of unbranched alkanes of at least 4 members (excludes halogenated alkanes) is 27. The predicted octanol–water partition coefficient (Wildman–Crippen LogP) is 23.3. The summed E-state index contributed by atoms with van der Waals surface area (Å²) in [6.45, 7) is 6.41. The maximum Gasteiger partial charge on any atom is 0.306 e. The summed E-state index contributed by atoms with van der Waals surface area (Å²) in [5.41, 5.74) is 0. The Kier molecular flexibility index (Phi) is 64.3. The van der Waals surface area contributed by atoms with Crippen molar-refractivity contribution < 1.29 is 28.6 Å². The molecule has 0 aliphatic carbocycles. The van der Waals surface area contributed by atoms with Gasteiger partial charge in [0, 0.05) is 19.3 Å². The molecule has 0 aliphatic rings. The van der Waals surface area contributed by atoms with Gasteiger partial charge in [-0.1, -0.05) is 302 Å². The van der Waals surface area contributed by atoms with Crippen molar-refractivity contribution in [1.82, 2.24) is 0 Å². The van der Waals surface area contributed by atoms with E-state index in [1.807, 2.05) is 0 Å². The molecule has 0 saturated heterocycles. The summed E-state index contributed by atoms with van der Waals surface area (Å²) in [6, 6.07) is 0. The van der Waals surface area contributed by atoms with Crippen LogP contribution in [0.25, 0.3) is 0 Å². The highest BCUT2D eigenvalue weighted by atomic mass is 16.6. The van der Waals surface area contributed by atoms with E-state index in [0.717, 1.165) is 148 Å². The smallest absolute Gasteiger partial charge is 0.306 e. The first-order chi connectivity index (χ1) is 40.0. The zero-order valence-electron chi connectivity index (χ0n) is 52.8. The molecule has 1 unspecified atom stereocenters. The van der Waals surface area contributed by atoms with Crippen LogP contribution in [0.1, 0.15) is 303 Å². The van der Waals surface area contributed by atoms with Gasteiger partial charge in [-0.05, 0) is 116 Å². The molecule has 81 heavy (non-hydrogen) atoms. The molecule has 0 aromatic carbocycles. The summed E-state index contributed by atoms with van der Waals surface area (Å²) >= 11 is 0. The van der Waals surface area contributed by atoms with Gasteiger partial charge < -0.3 is 14.2 Å². The Labute approximate surface area is 500 Å². The third-order valence-electron chi connectivity index (χ3n) is 14.2. The molecule has 6 heteroatoms. The molecule has 0 spiro atoms. The maximum atomic E-state index is 12.9. The van der Waals surface area contributed by atoms with Crippen LogP contribution in [0, 0.1) is 0 Å². The summed E-state index contributed by atoms with van der Waals surface area (Å²) in [5, 5.41) is 0. The van der Waals surface area contributed by atoms with Gasteiger partial charge in [0.1, 0.15) is 13.2 Å². The molecule has 0 fully saturated rings. The monoisotopic (exact) mass is 1120 g/mol. The molecule has 0 saturated carbocycles. The fourth-order valence-corrected chi connectivity index (χ4v) is 9.18. The lowest BCUT2D eigenvalue weighted by Crippen LogP contribution is -2.30. The lowest BCUT2D eigenvalue weighted by Gasteiger charge is -2.18. The fraction of sp³-hybridized carbons (Fsp3) is 0.667. The number of esters is 3. The molecule has 0 amide bonds. The van der Waals surface area contributed by atoms with Crippen LogP contribution in [0.3, 0.4) is 0 Å². The van der Waals surface area contributed by atoms with E-state index in [9.17, 15) is 14.4 Å². The number of rotatable bonds is 60. The van der Waals surface area contributed by atoms with E-state index >= 15 is 0 Å². The van der Waals surface area contributed by atoms with Gasteiger partial charge >= 0.3 is 17.9 Å². The normalized spacial score (nSPS) is 13.0. The van der Waals surface area contributed by atoms with Crippen LogP contribution in [-0.4, -0.2) is 37.2 Å². The zero-order valence-corrected chi connectivity index (χ0v) is 52.8. The topological polar surface area (TPSA) is 78.9 Å². The van der Waals surface area contributed by atoms with Gasteiger partial charge in [0.25, 0.3) is 0 Å². The summed E-state index contributed by atoms with van der Waals surface area (Å²) in [5.74, 6) is -0.902.